The van der Waals surface area contributed by atoms with E-state index in [9.17, 15) is 8.42 Å². The molecule has 1 atom stereocenters. The van der Waals surface area contributed by atoms with E-state index < -0.39 is 10.0 Å². The molecule has 1 aromatic rings. The standard InChI is InChI=1S/C13H21ClN2O2S/c1-11(2)9-13(14)10-16-19(17,18)8-5-12-3-6-15-7-4-12/h3-4,6-7,11,13,16H,5,8-10H2,1-2H3. The van der Waals surface area contributed by atoms with Crippen molar-refractivity contribution in [3.63, 3.8) is 0 Å². The minimum absolute atomic E-state index is 0.0717. The zero-order chi connectivity index (χ0) is 14.3. The number of halogens is 1. The summed E-state index contributed by atoms with van der Waals surface area (Å²) < 4.78 is 26.2. The van der Waals surface area contributed by atoms with Gasteiger partial charge in [-0.1, -0.05) is 13.8 Å². The fraction of sp³-hybridized carbons (Fsp3) is 0.615. The minimum Gasteiger partial charge on any atom is -0.265 e. The van der Waals surface area contributed by atoms with Crippen LogP contribution in [0.1, 0.15) is 25.8 Å². The molecular weight excluding hydrogens is 284 g/mol. The highest BCUT2D eigenvalue weighted by Crippen LogP contribution is 2.10. The number of nitrogens with zero attached hydrogens (tertiary/aromatic N) is 1. The van der Waals surface area contributed by atoms with E-state index >= 15 is 0 Å². The van der Waals surface area contributed by atoms with Crippen LogP contribution < -0.4 is 4.72 Å². The predicted octanol–water partition coefficient (Wildman–Crippen LogP) is 2.20. The fourth-order valence-electron chi connectivity index (χ4n) is 1.69. The van der Waals surface area contributed by atoms with Crippen LogP contribution in [0.25, 0.3) is 0 Å². The van der Waals surface area contributed by atoms with Gasteiger partial charge in [-0.15, -0.1) is 11.6 Å². The lowest BCUT2D eigenvalue weighted by atomic mass is 10.1. The Morgan fingerprint density at radius 1 is 1.32 bits per heavy atom. The first-order valence-corrected chi connectivity index (χ1v) is 8.48. The Kier molecular flexibility index (Phi) is 6.75. The Hall–Kier alpha value is -0.650. The lowest BCUT2D eigenvalue weighted by Gasteiger charge is -2.13. The minimum atomic E-state index is -3.27. The Morgan fingerprint density at radius 3 is 2.53 bits per heavy atom. The maximum atomic E-state index is 11.8. The molecule has 0 aromatic carbocycles. The van der Waals surface area contributed by atoms with Crippen LogP contribution in [0.4, 0.5) is 0 Å². The van der Waals surface area contributed by atoms with Crippen molar-refractivity contribution in [2.45, 2.75) is 32.1 Å². The van der Waals surface area contributed by atoms with Gasteiger partial charge in [0.2, 0.25) is 10.0 Å². The highest BCUT2D eigenvalue weighted by Gasteiger charge is 2.14. The van der Waals surface area contributed by atoms with E-state index in [1.807, 2.05) is 12.1 Å². The third-order valence-corrected chi connectivity index (χ3v) is 4.34. The molecular formula is C13H21ClN2O2S. The third-order valence-electron chi connectivity index (χ3n) is 2.66. The van der Waals surface area contributed by atoms with Crippen LogP contribution in [0.2, 0.25) is 0 Å². The van der Waals surface area contributed by atoms with Gasteiger partial charge in [0.15, 0.2) is 0 Å². The van der Waals surface area contributed by atoms with Gasteiger partial charge in [-0.25, -0.2) is 13.1 Å². The Bertz CT molecular complexity index is 463. The van der Waals surface area contributed by atoms with Crippen LogP contribution in [-0.4, -0.2) is 31.1 Å². The first-order chi connectivity index (χ1) is 8.89. The van der Waals surface area contributed by atoms with E-state index in [2.05, 4.69) is 23.6 Å². The first kappa shape index (κ1) is 16.4. The molecule has 19 heavy (non-hydrogen) atoms. The normalized spacial score (nSPS) is 13.7. The number of aromatic nitrogens is 1. The lowest BCUT2D eigenvalue weighted by Crippen LogP contribution is -2.32. The number of nitrogens with one attached hydrogen (secondary N) is 1. The number of rotatable bonds is 8. The van der Waals surface area contributed by atoms with Gasteiger partial charge >= 0.3 is 0 Å². The molecule has 0 aliphatic heterocycles. The summed E-state index contributed by atoms with van der Waals surface area (Å²) in [7, 11) is -3.27. The van der Waals surface area contributed by atoms with Crippen molar-refractivity contribution >= 4 is 21.6 Å². The van der Waals surface area contributed by atoms with Crippen molar-refractivity contribution in [1.29, 1.82) is 0 Å². The Balaban J connectivity index is 2.36. The monoisotopic (exact) mass is 304 g/mol. The average molecular weight is 305 g/mol. The molecule has 0 aliphatic carbocycles. The van der Waals surface area contributed by atoms with Crippen LogP contribution in [0.15, 0.2) is 24.5 Å². The van der Waals surface area contributed by atoms with Crippen molar-refractivity contribution in [1.82, 2.24) is 9.71 Å². The molecule has 1 N–H and O–H groups in total. The molecule has 0 radical (unpaired) electrons. The van der Waals surface area contributed by atoms with Gasteiger partial charge < -0.3 is 0 Å². The van der Waals surface area contributed by atoms with Gasteiger partial charge in [0.05, 0.1) is 5.75 Å². The van der Waals surface area contributed by atoms with Crippen LogP contribution in [-0.2, 0) is 16.4 Å². The summed E-state index contributed by atoms with van der Waals surface area (Å²) in [6, 6.07) is 3.64. The van der Waals surface area contributed by atoms with Crippen LogP contribution >= 0.6 is 11.6 Å². The number of aryl methyl sites for hydroxylation is 1. The summed E-state index contributed by atoms with van der Waals surface area (Å²) in [5, 5.41) is -0.157. The summed E-state index contributed by atoms with van der Waals surface area (Å²) in [6.07, 6.45) is 4.60. The molecule has 0 saturated carbocycles. The van der Waals surface area contributed by atoms with E-state index in [4.69, 9.17) is 11.6 Å². The summed E-state index contributed by atoms with van der Waals surface area (Å²) in [4.78, 5) is 3.89. The summed E-state index contributed by atoms with van der Waals surface area (Å²) in [6.45, 7) is 4.42. The fourth-order valence-corrected chi connectivity index (χ4v) is 3.31. The molecule has 108 valence electrons. The molecule has 1 aromatic heterocycles. The van der Waals surface area contributed by atoms with Crippen molar-refractivity contribution < 1.29 is 8.42 Å². The predicted molar refractivity (Wildman–Crippen MR) is 78.8 cm³/mol. The SMILES string of the molecule is CC(C)CC(Cl)CNS(=O)(=O)CCc1ccncc1. The van der Waals surface area contributed by atoms with E-state index in [1.54, 1.807) is 12.4 Å². The summed E-state index contributed by atoms with van der Waals surface area (Å²) in [5.74, 6) is 0.534. The zero-order valence-corrected chi connectivity index (χ0v) is 12.9. The van der Waals surface area contributed by atoms with Crippen molar-refractivity contribution in [2.75, 3.05) is 12.3 Å². The van der Waals surface area contributed by atoms with Gasteiger partial charge in [0.25, 0.3) is 0 Å². The number of hydrogen-bond donors (Lipinski definition) is 1. The summed E-state index contributed by atoms with van der Waals surface area (Å²) >= 11 is 6.06. The van der Waals surface area contributed by atoms with Crippen molar-refractivity contribution in [3.8, 4) is 0 Å². The van der Waals surface area contributed by atoms with E-state index in [0.29, 0.717) is 18.9 Å². The zero-order valence-electron chi connectivity index (χ0n) is 11.3. The maximum Gasteiger partial charge on any atom is 0.211 e. The second kappa shape index (κ2) is 7.82. The molecule has 0 spiro atoms. The number of pyridine rings is 1. The molecule has 0 bridgehead atoms. The molecule has 6 heteroatoms. The highest BCUT2D eigenvalue weighted by atomic mass is 35.5. The number of hydrogen-bond acceptors (Lipinski definition) is 3. The average Bonchev–Trinajstić information content (AvgIpc) is 2.35. The molecule has 0 fully saturated rings. The van der Waals surface area contributed by atoms with Crippen LogP contribution in [0.5, 0.6) is 0 Å². The quantitative estimate of drug-likeness (QED) is 0.749. The topological polar surface area (TPSA) is 59.1 Å². The number of alkyl halides is 1. The third kappa shape index (κ3) is 7.50. The number of sulfonamides is 1. The van der Waals surface area contributed by atoms with Gasteiger partial charge in [0.1, 0.15) is 0 Å². The largest absolute Gasteiger partial charge is 0.265 e. The van der Waals surface area contributed by atoms with Gasteiger partial charge in [0, 0.05) is 24.3 Å². The van der Waals surface area contributed by atoms with E-state index in [0.717, 1.165) is 12.0 Å². The van der Waals surface area contributed by atoms with Gasteiger partial charge in [-0.05, 0) is 36.5 Å². The lowest BCUT2D eigenvalue weighted by molar-refractivity contribution is 0.544. The smallest absolute Gasteiger partial charge is 0.211 e. The van der Waals surface area contributed by atoms with Crippen LogP contribution in [0, 0.1) is 5.92 Å². The molecule has 1 unspecified atom stereocenters. The molecule has 0 saturated heterocycles. The Labute approximate surface area is 120 Å². The van der Waals surface area contributed by atoms with Gasteiger partial charge in [-0.2, -0.15) is 0 Å². The molecule has 1 heterocycles. The second-order valence-electron chi connectivity index (χ2n) is 5.00. The maximum absolute atomic E-state index is 11.8. The molecule has 4 nitrogen and oxygen atoms in total. The molecule has 0 amide bonds. The van der Waals surface area contributed by atoms with Crippen molar-refractivity contribution in [3.05, 3.63) is 30.1 Å². The van der Waals surface area contributed by atoms with E-state index in [1.165, 1.54) is 0 Å². The second-order valence-corrected chi connectivity index (χ2v) is 7.54. The highest BCUT2D eigenvalue weighted by molar-refractivity contribution is 7.89. The molecule has 0 aliphatic rings. The van der Waals surface area contributed by atoms with Crippen molar-refractivity contribution in [2.24, 2.45) is 5.92 Å². The first-order valence-electron chi connectivity index (χ1n) is 6.39. The van der Waals surface area contributed by atoms with Crippen LogP contribution in [0.3, 0.4) is 0 Å². The Morgan fingerprint density at radius 2 is 1.95 bits per heavy atom. The van der Waals surface area contributed by atoms with Gasteiger partial charge in [-0.3, -0.25) is 4.98 Å². The van der Waals surface area contributed by atoms with E-state index in [-0.39, 0.29) is 11.1 Å². The summed E-state index contributed by atoms with van der Waals surface area (Å²) in [5.41, 5.74) is 0.963. The molecule has 1 rings (SSSR count).